The molecule has 0 radical (unpaired) electrons. The topological polar surface area (TPSA) is 82.9 Å². The van der Waals surface area contributed by atoms with E-state index in [0.717, 1.165) is 16.5 Å². The molecule has 1 aromatic carbocycles. The Morgan fingerprint density at radius 2 is 2.14 bits per heavy atom. The standard InChI is InChI=1S/C21H23FN2O4S/c1-11-6-12-15(10-29-5-4-25)13-8-24-20(27)14(9-26)19(28-3)21(24,2)18(13)23-17(12)7-16(11)22/h6-7,25-26H,4-5,8-10H2,1-3H3. The summed E-state index contributed by atoms with van der Waals surface area (Å²) in [6.07, 6.45) is 0. The molecule has 4 rings (SSSR count). The minimum absolute atomic E-state index is 0.0717. The summed E-state index contributed by atoms with van der Waals surface area (Å²) in [5.41, 5.74) is 2.93. The molecule has 0 saturated carbocycles. The van der Waals surface area contributed by atoms with Crippen molar-refractivity contribution in [1.29, 1.82) is 0 Å². The fraction of sp³-hybridized carbons (Fsp3) is 0.429. The SMILES string of the molecule is COC1=C(CO)C(=O)N2Cc3c(nc4cc(F)c(C)cc4c3CSCCO)C12C. The van der Waals surface area contributed by atoms with Gasteiger partial charge in [0.25, 0.3) is 5.91 Å². The predicted octanol–water partition coefficient (Wildman–Crippen LogP) is 2.37. The van der Waals surface area contributed by atoms with Crippen molar-refractivity contribution < 1.29 is 24.1 Å². The van der Waals surface area contributed by atoms with Crippen molar-refractivity contribution in [2.45, 2.75) is 31.7 Å². The zero-order chi connectivity index (χ0) is 20.9. The molecule has 1 unspecified atom stereocenters. The number of rotatable bonds is 6. The number of ether oxygens (including phenoxy) is 1. The number of fused-ring (bicyclic) bond motifs is 4. The highest BCUT2D eigenvalue weighted by Gasteiger charge is 2.56. The van der Waals surface area contributed by atoms with E-state index in [1.807, 2.05) is 6.92 Å². The van der Waals surface area contributed by atoms with Gasteiger partial charge in [0.1, 0.15) is 17.1 Å². The van der Waals surface area contributed by atoms with Gasteiger partial charge in [-0.3, -0.25) is 4.79 Å². The average molecular weight is 418 g/mol. The van der Waals surface area contributed by atoms with E-state index in [9.17, 15) is 19.4 Å². The van der Waals surface area contributed by atoms with Crippen LogP contribution in [0, 0.1) is 12.7 Å². The number of thioether (sulfide) groups is 1. The summed E-state index contributed by atoms with van der Waals surface area (Å²) in [6, 6.07) is 3.23. The summed E-state index contributed by atoms with van der Waals surface area (Å²) >= 11 is 1.58. The Labute approximate surface area is 172 Å². The minimum Gasteiger partial charge on any atom is -0.498 e. The Hall–Kier alpha value is -2.16. The second-order valence-electron chi connectivity index (χ2n) is 7.45. The summed E-state index contributed by atoms with van der Waals surface area (Å²) in [7, 11) is 1.48. The maximum absolute atomic E-state index is 14.3. The first-order valence-electron chi connectivity index (χ1n) is 9.39. The van der Waals surface area contributed by atoms with E-state index in [4.69, 9.17) is 9.72 Å². The van der Waals surface area contributed by atoms with Gasteiger partial charge < -0.3 is 19.8 Å². The summed E-state index contributed by atoms with van der Waals surface area (Å²) in [4.78, 5) is 19.4. The molecule has 1 atom stereocenters. The van der Waals surface area contributed by atoms with Crippen LogP contribution in [0.2, 0.25) is 0 Å². The van der Waals surface area contributed by atoms with Gasteiger partial charge in [-0.1, -0.05) is 0 Å². The number of halogens is 1. The number of aliphatic hydroxyl groups is 2. The van der Waals surface area contributed by atoms with E-state index in [2.05, 4.69) is 0 Å². The second kappa shape index (κ2) is 7.27. The largest absolute Gasteiger partial charge is 0.498 e. The smallest absolute Gasteiger partial charge is 0.257 e. The van der Waals surface area contributed by atoms with Gasteiger partial charge in [0.2, 0.25) is 0 Å². The Morgan fingerprint density at radius 3 is 2.79 bits per heavy atom. The Kier molecular flexibility index (Phi) is 5.04. The van der Waals surface area contributed by atoms with Crippen LogP contribution in [0.4, 0.5) is 4.39 Å². The molecule has 29 heavy (non-hydrogen) atoms. The van der Waals surface area contributed by atoms with E-state index in [1.165, 1.54) is 13.2 Å². The van der Waals surface area contributed by atoms with Crippen LogP contribution in [0.1, 0.15) is 29.3 Å². The number of carbonyl (C=O) groups excluding carboxylic acids is 1. The molecule has 2 N–H and O–H groups in total. The van der Waals surface area contributed by atoms with E-state index < -0.39 is 12.1 Å². The fourth-order valence-corrected chi connectivity index (χ4v) is 5.25. The molecule has 1 amide bonds. The van der Waals surface area contributed by atoms with Crippen molar-refractivity contribution in [3.8, 4) is 0 Å². The summed E-state index contributed by atoms with van der Waals surface area (Å²) in [6.45, 7) is 3.57. The second-order valence-corrected chi connectivity index (χ2v) is 8.55. The van der Waals surface area contributed by atoms with E-state index in [0.29, 0.717) is 40.6 Å². The van der Waals surface area contributed by atoms with Gasteiger partial charge in [0.15, 0.2) is 0 Å². The van der Waals surface area contributed by atoms with Gasteiger partial charge in [0.05, 0.1) is 37.1 Å². The molecule has 0 saturated heterocycles. The van der Waals surface area contributed by atoms with Crippen LogP contribution in [-0.2, 0) is 27.4 Å². The lowest BCUT2D eigenvalue weighted by Crippen LogP contribution is -2.38. The van der Waals surface area contributed by atoms with Gasteiger partial charge in [-0.05, 0) is 31.0 Å². The first-order chi connectivity index (χ1) is 13.9. The highest BCUT2D eigenvalue weighted by Crippen LogP contribution is 2.51. The van der Waals surface area contributed by atoms with Crippen molar-refractivity contribution in [1.82, 2.24) is 9.88 Å². The van der Waals surface area contributed by atoms with Gasteiger partial charge in [-0.2, -0.15) is 11.8 Å². The molecule has 2 aromatic rings. The first-order valence-corrected chi connectivity index (χ1v) is 10.5. The number of carbonyl (C=O) groups is 1. The summed E-state index contributed by atoms with van der Waals surface area (Å²) in [5, 5.41) is 19.7. The number of benzene rings is 1. The van der Waals surface area contributed by atoms with Crippen molar-refractivity contribution in [3.63, 3.8) is 0 Å². The van der Waals surface area contributed by atoms with Crippen molar-refractivity contribution in [2.75, 3.05) is 26.1 Å². The molecule has 0 aliphatic carbocycles. The summed E-state index contributed by atoms with van der Waals surface area (Å²) in [5.74, 6) is 0.975. The Bertz CT molecular complexity index is 1050. The number of amides is 1. The molecule has 0 fully saturated rings. The number of pyridine rings is 1. The lowest BCUT2D eigenvalue weighted by Gasteiger charge is -2.29. The maximum Gasteiger partial charge on any atom is 0.257 e. The Morgan fingerprint density at radius 1 is 1.38 bits per heavy atom. The van der Waals surface area contributed by atoms with Crippen LogP contribution >= 0.6 is 11.8 Å². The quantitative estimate of drug-likeness (QED) is 0.701. The number of hydrogen-bond donors (Lipinski definition) is 2. The minimum atomic E-state index is -0.939. The number of aromatic nitrogens is 1. The molecule has 6 nitrogen and oxygen atoms in total. The third-order valence-corrected chi connectivity index (χ3v) is 6.83. The molecular weight excluding hydrogens is 395 g/mol. The predicted molar refractivity (Wildman–Crippen MR) is 109 cm³/mol. The van der Waals surface area contributed by atoms with E-state index in [-0.39, 0.29) is 23.9 Å². The first kappa shape index (κ1) is 20.1. The van der Waals surface area contributed by atoms with Gasteiger partial charge in [-0.15, -0.1) is 0 Å². The van der Waals surface area contributed by atoms with Crippen LogP contribution in [0.15, 0.2) is 23.5 Å². The zero-order valence-corrected chi connectivity index (χ0v) is 17.4. The molecule has 2 aliphatic rings. The number of methoxy groups -OCH3 is 1. The fourth-order valence-electron chi connectivity index (χ4n) is 4.44. The van der Waals surface area contributed by atoms with Gasteiger partial charge in [-0.25, -0.2) is 9.37 Å². The number of nitrogens with zero attached hydrogens (tertiary/aromatic N) is 2. The highest BCUT2D eigenvalue weighted by molar-refractivity contribution is 7.98. The van der Waals surface area contributed by atoms with Crippen LogP contribution in [-0.4, -0.2) is 52.1 Å². The summed E-state index contributed by atoms with van der Waals surface area (Å²) < 4.78 is 19.9. The maximum atomic E-state index is 14.3. The van der Waals surface area contributed by atoms with Crippen molar-refractivity contribution >= 4 is 28.6 Å². The molecule has 3 heterocycles. The lowest BCUT2D eigenvalue weighted by atomic mass is 9.91. The molecule has 154 valence electrons. The van der Waals surface area contributed by atoms with Gasteiger partial charge >= 0.3 is 0 Å². The molecule has 2 aliphatic heterocycles. The van der Waals surface area contributed by atoms with Crippen molar-refractivity contribution in [3.05, 3.63) is 51.7 Å². The molecule has 0 bridgehead atoms. The zero-order valence-electron chi connectivity index (χ0n) is 16.6. The molecule has 0 spiro atoms. The van der Waals surface area contributed by atoms with Gasteiger partial charge in [0, 0.05) is 35.1 Å². The number of aliphatic hydroxyl groups excluding tert-OH is 2. The lowest BCUT2D eigenvalue weighted by molar-refractivity contribution is -0.130. The molecular formula is C21H23FN2O4S. The normalized spacial score (nSPS) is 20.6. The van der Waals surface area contributed by atoms with Crippen LogP contribution in [0.25, 0.3) is 10.9 Å². The van der Waals surface area contributed by atoms with Crippen molar-refractivity contribution in [2.24, 2.45) is 0 Å². The third-order valence-electron chi connectivity index (χ3n) is 5.87. The van der Waals surface area contributed by atoms with E-state index in [1.54, 1.807) is 29.7 Å². The van der Waals surface area contributed by atoms with Crippen LogP contribution in [0.3, 0.4) is 0 Å². The Balaban J connectivity index is 1.99. The van der Waals surface area contributed by atoms with E-state index >= 15 is 0 Å². The third kappa shape index (κ3) is 2.77. The average Bonchev–Trinajstić information content (AvgIpc) is 3.10. The molecule has 1 aromatic heterocycles. The number of aryl methyl sites for hydroxylation is 1. The van der Waals surface area contributed by atoms with Crippen LogP contribution < -0.4 is 0 Å². The monoisotopic (exact) mass is 418 g/mol. The van der Waals surface area contributed by atoms with Crippen LogP contribution in [0.5, 0.6) is 0 Å². The number of hydrogen-bond acceptors (Lipinski definition) is 6. The highest BCUT2D eigenvalue weighted by atomic mass is 32.2. The molecule has 8 heteroatoms.